The zero-order valence-corrected chi connectivity index (χ0v) is 20.4. The molecule has 2 saturated heterocycles. The van der Waals surface area contributed by atoms with Gasteiger partial charge in [0.25, 0.3) is 5.82 Å². The SMILES string of the molecule is O=C(N1CC2(CC(Cc3cc(C4(C(F)(F)F)CC4)[nH]n3)C2)C1)N1CC2(CC(n3cnc(C(F)(F)F)n3)C2)C1. The molecule has 0 aromatic carbocycles. The lowest BCUT2D eigenvalue weighted by atomic mass is 9.56. The van der Waals surface area contributed by atoms with Crippen LogP contribution < -0.4 is 0 Å². The summed E-state index contributed by atoms with van der Waals surface area (Å²) in [5.41, 5.74) is -0.824. The van der Waals surface area contributed by atoms with Gasteiger partial charge in [-0.05, 0) is 56.9 Å². The van der Waals surface area contributed by atoms with Crippen LogP contribution in [0.1, 0.15) is 61.8 Å². The predicted molar refractivity (Wildman–Crippen MR) is 119 cm³/mol. The van der Waals surface area contributed by atoms with Crippen molar-refractivity contribution in [3.63, 3.8) is 0 Å². The summed E-state index contributed by atoms with van der Waals surface area (Å²) in [6.07, 6.45) is -3.58. The maximum absolute atomic E-state index is 13.3. The summed E-state index contributed by atoms with van der Waals surface area (Å²) in [7, 11) is 0. The average molecular weight is 544 g/mol. The minimum atomic E-state index is -4.56. The van der Waals surface area contributed by atoms with Crippen LogP contribution in [0.25, 0.3) is 0 Å². The first-order valence-corrected chi connectivity index (χ1v) is 12.9. The number of aromatic amines is 1. The summed E-state index contributed by atoms with van der Waals surface area (Å²) >= 11 is 0. The average Bonchev–Trinajstić information content (AvgIpc) is 3.17. The van der Waals surface area contributed by atoms with Crippen molar-refractivity contribution in [2.24, 2.45) is 16.7 Å². The van der Waals surface area contributed by atoms with Gasteiger partial charge in [-0.1, -0.05) is 0 Å². The van der Waals surface area contributed by atoms with Crippen LogP contribution in [0.2, 0.25) is 0 Å². The van der Waals surface area contributed by atoms with Crippen molar-refractivity contribution in [2.75, 3.05) is 26.2 Å². The lowest BCUT2D eigenvalue weighted by Crippen LogP contribution is -2.71. The summed E-state index contributed by atoms with van der Waals surface area (Å²) in [4.78, 5) is 19.9. The number of likely N-dealkylation sites (tertiary alicyclic amines) is 2. The highest BCUT2D eigenvalue weighted by molar-refractivity contribution is 5.77. The van der Waals surface area contributed by atoms with Crippen molar-refractivity contribution >= 4 is 6.03 Å². The van der Waals surface area contributed by atoms with Crippen molar-refractivity contribution in [2.45, 2.75) is 68.8 Å². The molecule has 0 bridgehead atoms. The van der Waals surface area contributed by atoms with E-state index in [1.807, 2.05) is 4.90 Å². The Balaban J connectivity index is 0.845. The summed E-state index contributed by atoms with van der Waals surface area (Å²) in [5.74, 6) is -0.769. The van der Waals surface area contributed by atoms with E-state index in [4.69, 9.17) is 0 Å². The molecule has 8 nitrogen and oxygen atoms in total. The molecule has 3 aliphatic carbocycles. The van der Waals surface area contributed by atoms with E-state index in [-0.39, 0.29) is 41.4 Å². The Morgan fingerprint density at radius 3 is 2.11 bits per heavy atom. The smallest absolute Gasteiger partial charge is 0.323 e. The first kappa shape index (κ1) is 24.3. The fourth-order valence-corrected chi connectivity index (χ4v) is 7.37. The van der Waals surface area contributed by atoms with E-state index in [9.17, 15) is 31.1 Å². The van der Waals surface area contributed by atoms with Gasteiger partial charge in [-0.15, -0.1) is 5.10 Å². The molecule has 2 aliphatic heterocycles. The van der Waals surface area contributed by atoms with Crippen LogP contribution >= 0.6 is 0 Å². The third-order valence-electron chi connectivity index (χ3n) is 9.50. The second-order valence-electron chi connectivity index (χ2n) is 12.4. The summed E-state index contributed by atoms with van der Waals surface area (Å²) in [5, 5.41) is 10.3. The Morgan fingerprint density at radius 2 is 1.58 bits per heavy atom. The van der Waals surface area contributed by atoms with Crippen molar-refractivity contribution in [1.82, 2.24) is 34.8 Å². The van der Waals surface area contributed by atoms with Gasteiger partial charge in [0.1, 0.15) is 11.7 Å². The van der Waals surface area contributed by atoms with Gasteiger partial charge in [0.2, 0.25) is 0 Å². The van der Waals surface area contributed by atoms with Crippen LogP contribution in [0, 0.1) is 16.7 Å². The lowest BCUT2D eigenvalue weighted by Gasteiger charge is -2.63. The van der Waals surface area contributed by atoms with E-state index < -0.39 is 23.6 Å². The highest BCUT2D eigenvalue weighted by atomic mass is 19.4. The van der Waals surface area contributed by atoms with Crippen molar-refractivity contribution < 1.29 is 31.1 Å². The standard InChI is InChI=1S/C24H27F6N7O/c25-23(26,27)18-31-13-37(34-18)16-7-21(8-16)11-36(12-21)19(38)35-9-20(10-35)5-14(6-20)3-15-4-17(33-32-15)22(1-2-22)24(28,29)30/h4,13-14,16H,1-3,5-12H2,(H,32,33). The number of H-pyrrole nitrogens is 1. The molecule has 4 heterocycles. The number of nitrogens with one attached hydrogen (secondary N) is 1. The second-order valence-corrected chi connectivity index (χ2v) is 12.4. The monoisotopic (exact) mass is 543 g/mol. The molecular weight excluding hydrogens is 516 g/mol. The number of aromatic nitrogens is 5. The number of alkyl halides is 6. The predicted octanol–water partition coefficient (Wildman–Crippen LogP) is 4.33. The van der Waals surface area contributed by atoms with Crippen LogP contribution in [0.5, 0.6) is 0 Å². The molecule has 1 N–H and O–H groups in total. The third kappa shape index (κ3) is 3.64. The molecule has 2 aromatic heterocycles. The summed E-state index contributed by atoms with van der Waals surface area (Å²) in [6, 6.07) is 1.46. The molecule has 14 heteroatoms. The van der Waals surface area contributed by atoms with Gasteiger partial charge < -0.3 is 9.80 Å². The van der Waals surface area contributed by atoms with Gasteiger partial charge in [0, 0.05) is 37.0 Å². The van der Waals surface area contributed by atoms with Crippen LogP contribution in [0.4, 0.5) is 31.1 Å². The van der Waals surface area contributed by atoms with Crippen LogP contribution in [0.3, 0.4) is 0 Å². The molecule has 0 atom stereocenters. The zero-order chi connectivity index (χ0) is 26.7. The van der Waals surface area contributed by atoms with Gasteiger partial charge in [-0.25, -0.2) is 14.5 Å². The summed E-state index contributed by atoms with van der Waals surface area (Å²) in [6.45, 7) is 2.60. The normalized spacial score (nSPS) is 25.6. The molecule has 7 rings (SSSR count). The quantitative estimate of drug-likeness (QED) is 0.583. The highest BCUT2D eigenvalue weighted by Gasteiger charge is 2.65. The molecule has 206 valence electrons. The number of halogens is 6. The topological polar surface area (TPSA) is 82.9 Å². The molecular formula is C24H27F6N7O. The third-order valence-corrected chi connectivity index (χ3v) is 9.50. The second kappa shape index (κ2) is 7.44. The number of amides is 2. The van der Waals surface area contributed by atoms with Crippen LogP contribution in [-0.4, -0.2) is 73.1 Å². The number of carbonyl (C=O) groups excluding carboxylic acids is 1. The Hall–Kier alpha value is -2.80. The van der Waals surface area contributed by atoms with Gasteiger partial charge >= 0.3 is 18.4 Å². The fraction of sp³-hybridized carbons (Fsp3) is 0.750. The van der Waals surface area contributed by atoms with Crippen molar-refractivity contribution in [3.8, 4) is 0 Å². The molecule has 38 heavy (non-hydrogen) atoms. The van der Waals surface area contributed by atoms with E-state index in [0.717, 1.165) is 19.2 Å². The van der Waals surface area contributed by atoms with Gasteiger partial charge in [-0.3, -0.25) is 5.10 Å². The number of nitrogens with zero attached hydrogens (tertiary/aromatic N) is 6. The van der Waals surface area contributed by atoms with Gasteiger partial charge in [-0.2, -0.15) is 31.4 Å². The van der Waals surface area contributed by atoms with Gasteiger partial charge in [0.15, 0.2) is 0 Å². The number of carbonyl (C=O) groups is 1. The Morgan fingerprint density at radius 1 is 0.974 bits per heavy atom. The molecule has 0 unspecified atom stereocenters. The van der Waals surface area contributed by atoms with Gasteiger partial charge in [0.05, 0.1) is 17.4 Å². The maximum Gasteiger partial charge on any atom is 0.453 e. The van der Waals surface area contributed by atoms with E-state index >= 15 is 0 Å². The minimum absolute atomic E-state index is 0.00656. The molecule has 3 saturated carbocycles. The highest BCUT2D eigenvalue weighted by Crippen LogP contribution is 2.59. The van der Waals surface area contributed by atoms with Crippen LogP contribution in [0.15, 0.2) is 12.4 Å². The Labute approximate surface area is 213 Å². The number of hydrogen-bond acceptors (Lipinski definition) is 4. The van der Waals surface area contributed by atoms with E-state index in [1.165, 1.54) is 4.68 Å². The molecule has 0 radical (unpaired) electrons. The van der Waals surface area contributed by atoms with E-state index in [2.05, 4.69) is 20.3 Å². The fourth-order valence-electron chi connectivity index (χ4n) is 7.37. The van der Waals surface area contributed by atoms with Crippen LogP contribution in [-0.2, 0) is 18.0 Å². The Bertz CT molecular complexity index is 1250. The minimum Gasteiger partial charge on any atom is -0.323 e. The molecule has 2 aromatic rings. The zero-order valence-electron chi connectivity index (χ0n) is 20.4. The molecule has 5 aliphatic rings. The molecule has 5 fully saturated rings. The largest absolute Gasteiger partial charge is 0.453 e. The first-order chi connectivity index (χ1) is 17.8. The number of rotatable bonds is 4. The van der Waals surface area contributed by atoms with Crippen molar-refractivity contribution in [3.05, 3.63) is 29.6 Å². The van der Waals surface area contributed by atoms with E-state index in [0.29, 0.717) is 57.1 Å². The number of hydrogen-bond donors (Lipinski definition) is 1. The summed E-state index contributed by atoms with van der Waals surface area (Å²) < 4.78 is 79.5. The van der Waals surface area contributed by atoms with E-state index in [1.54, 1.807) is 11.0 Å². The van der Waals surface area contributed by atoms with Crippen molar-refractivity contribution in [1.29, 1.82) is 0 Å². The maximum atomic E-state index is 13.3. The molecule has 2 amide bonds. The number of urea groups is 1. The molecule has 2 spiro atoms. The lowest BCUT2D eigenvalue weighted by molar-refractivity contribution is -0.161. The first-order valence-electron chi connectivity index (χ1n) is 12.9. The Kier molecular flexibility index (Phi) is 4.75.